The van der Waals surface area contributed by atoms with Crippen LogP contribution < -0.4 is 14.8 Å². The number of ether oxygens (including phenoxy) is 2. The van der Waals surface area contributed by atoms with Gasteiger partial charge in [0.2, 0.25) is 17.3 Å². The summed E-state index contributed by atoms with van der Waals surface area (Å²) in [5.41, 5.74) is 3.42. The molecule has 33 heavy (non-hydrogen) atoms. The summed E-state index contributed by atoms with van der Waals surface area (Å²) in [6, 6.07) is 20.4. The van der Waals surface area contributed by atoms with Gasteiger partial charge in [0.05, 0.1) is 12.2 Å². The van der Waals surface area contributed by atoms with Gasteiger partial charge in [-0.1, -0.05) is 80.6 Å². The van der Waals surface area contributed by atoms with Crippen molar-refractivity contribution in [3.8, 4) is 22.9 Å². The fourth-order valence-corrected chi connectivity index (χ4v) is 4.47. The summed E-state index contributed by atoms with van der Waals surface area (Å²) in [4.78, 5) is 4.71. The Balaban J connectivity index is 1.67. The number of benzene rings is 3. The lowest BCUT2D eigenvalue weighted by Gasteiger charge is -2.23. The van der Waals surface area contributed by atoms with E-state index in [4.69, 9.17) is 14.5 Å². The van der Waals surface area contributed by atoms with Crippen molar-refractivity contribution in [2.45, 2.75) is 38.1 Å². The molecule has 1 atom stereocenters. The van der Waals surface area contributed by atoms with E-state index in [0.29, 0.717) is 23.3 Å². The second-order valence-corrected chi connectivity index (χ2v) is 9.00. The Labute approximate surface area is 197 Å². The second-order valence-electron chi connectivity index (χ2n) is 7.77. The zero-order chi connectivity index (χ0) is 22.6. The van der Waals surface area contributed by atoms with Crippen molar-refractivity contribution in [1.29, 1.82) is 0 Å². The Hall–Kier alpha value is -3.32. The number of nitrogens with zero attached hydrogens (tertiary/aromatic N) is 3. The van der Waals surface area contributed by atoms with Gasteiger partial charge in [0.25, 0.3) is 0 Å². The number of thioether (sulfide) groups is 1. The highest BCUT2D eigenvalue weighted by Gasteiger charge is 2.29. The van der Waals surface area contributed by atoms with E-state index in [1.165, 1.54) is 0 Å². The normalized spacial score (nSPS) is 14.5. The third kappa shape index (κ3) is 4.33. The Kier molecular flexibility index (Phi) is 6.30. The average molecular weight is 459 g/mol. The smallest absolute Gasteiger partial charge is 0.247 e. The van der Waals surface area contributed by atoms with Gasteiger partial charge >= 0.3 is 0 Å². The Morgan fingerprint density at radius 3 is 2.73 bits per heavy atom. The van der Waals surface area contributed by atoms with Crippen LogP contribution in [0.25, 0.3) is 22.0 Å². The molecule has 0 saturated heterocycles. The third-order valence-corrected chi connectivity index (χ3v) is 6.28. The van der Waals surface area contributed by atoms with E-state index >= 15 is 0 Å². The van der Waals surface area contributed by atoms with E-state index < -0.39 is 6.23 Å². The molecular formula is C26H26N4O2S. The summed E-state index contributed by atoms with van der Waals surface area (Å²) < 4.78 is 12.8. The molecule has 0 bridgehead atoms. The SMILES string of the molecule is CCCCOc1ccc2ccccc2c1[C@H]1Nc2ccccc2-c2nnc(SCC)nc2O1. The zero-order valence-corrected chi connectivity index (χ0v) is 19.6. The molecule has 0 fully saturated rings. The molecular weight excluding hydrogens is 432 g/mol. The minimum atomic E-state index is -0.508. The highest BCUT2D eigenvalue weighted by molar-refractivity contribution is 7.99. The fraction of sp³-hybridized carbons (Fsp3) is 0.269. The number of para-hydroxylation sites is 1. The lowest BCUT2D eigenvalue weighted by molar-refractivity contribution is 0.217. The largest absolute Gasteiger partial charge is 0.493 e. The molecule has 1 aliphatic heterocycles. The lowest BCUT2D eigenvalue weighted by Crippen LogP contribution is -2.19. The maximum atomic E-state index is 6.55. The summed E-state index contributed by atoms with van der Waals surface area (Å²) in [5, 5.41) is 15.2. The summed E-state index contributed by atoms with van der Waals surface area (Å²) in [6.45, 7) is 4.88. The molecule has 0 amide bonds. The molecule has 0 saturated carbocycles. The van der Waals surface area contributed by atoms with Crippen molar-refractivity contribution in [3.63, 3.8) is 0 Å². The molecule has 1 N–H and O–H groups in total. The second kappa shape index (κ2) is 9.67. The lowest BCUT2D eigenvalue weighted by atomic mass is 10.0. The first-order valence-electron chi connectivity index (χ1n) is 11.3. The molecule has 3 aromatic carbocycles. The highest BCUT2D eigenvalue weighted by atomic mass is 32.2. The van der Waals surface area contributed by atoms with Gasteiger partial charge in [-0.25, -0.2) is 0 Å². The predicted molar refractivity (Wildman–Crippen MR) is 133 cm³/mol. The first-order chi connectivity index (χ1) is 16.3. The topological polar surface area (TPSA) is 69.2 Å². The van der Waals surface area contributed by atoms with Crippen LogP contribution in [0.3, 0.4) is 0 Å². The van der Waals surface area contributed by atoms with E-state index in [-0.39, 0.29) is 0 Å². The van der Waals surface area contributed by atoms with Crippen LogP contribution in [0.2, 0.25) is 0 Å². The van der Waals surface area contributed by atoms with Crippen molar-refractivity contribution >= 4 is 28.2 Å². The molecule has 0 unspecified atom stereocenters. The van der Waals surface area contributed by atoms with Gasteiger partial charge in [-0.3, -0.25) is 0 Å². The van der Waals surface area contributed by atoms with Gasteiger partial charge in [0.15, 0.2) is 5.69 Å². The summed E-state index contributed by atoms with van der Waals surface area (Å²) in [5.74, 6) is 2.14. The molecule has 7 heteroatoms. The van der Waals surface area contributed by atoms with Gasteiger partial charge in [0.1, 0.15) is 5.75 Å². The Morgan fingerprint density at radius 2 is 1.85 bits per heavy atom. The molecule has 0 radical (unpaired) electrons. The van der Waals surface area contributed by atoms with Crippen LogP contribution in [-0.4, -0.2) is 27.5 Å². The van der Waals surface area contributed by atoms with Crippen molar-refractivity contribution in [1.82, 2.24) is 15.2 Å². The standard InChI is InChI=1S/C26H26N4O2S/c1-3-5-16-31-21-15-14-17-10-6-7-11-18(17)22(21)24-27-20-13-9-8-12-19(20)23-25(32-24)28-26(30-29-23)33-4-2/h6-15,24,27H,3-5,16H2,1-2H3/t24-/m0/s1. The number of unbranched alkanes of at least 4 members (excludes halogenated alkanes) is 1. The third-order valence-electron chi connectivity index (χ3n) is 5.56. The van der Waals surface area contributed by atoms with Crippen LogP contribution in [0, 0.1) is 0 Å². The van der Waals surface area contributed by atoms with Crippen molar-refractivity contribution in [2.75, 3.05) is 17.7 Å². The van der Waals surface area contributed by atoms with Crippen molar-refractivity contribution in [3.05, 3.63) is 66.2 Å². The molecule has 5 rings (SSSR count). The highest BCUT2D eigenvalue weighted by Crippen LogP contribution is 2.43. The van der Waals surface area contributed by atoms with Crippen LogP contribution in [0.4, 0.5) is 5.69 Å². The quantitative estimate of drug-likeness (QED) is 0.251. The number of rotatable bonds is 7. The average Bonchev–Trinajstić information content (AvgIpc) is 3.00. The van der Waals surface area contributed by atoms with Crippen LogP contribution in [0.5, 0.6) is 11.6 Å². The number of nitrogens with one attached hydrogen (secondary N) is 1. The van der Waals surface area contributed by atoms with E-state index in [1.807, 2.05) is 42.5 Å². The summed E-state index contributed by atoms with van der Waals surface area (Å²) in [6.07, 6.45) is 1.56. The monoisotopic (exact) mass is 458 g/mol. The maximum Gasteiger partial charge on any atom is 0.247 e. The first-order valence-corrected chi connectivity index (χ1v) is 12.3. The Bertz CT molecular complexity index is 1280. The zero-order valence-electron chi connectivity index (χ0n) is 18.7. The van der Waals surface area contributed by atoms with E-state index in [9.17, 15) is 0 Å². The number of aromatic nitrogens is 3. The van der Waals surface area contributed by atoms with Crippen LogP contribution in [-0.2, 0) is 0 Å². The van der Waals surface area contributed by atoms with Gasteiger partial charge < -0.3 is 14.8 Å². The molecule has 6 nitrogen and oxygen atoms in total. The summed E-state index contributed by atoms with van der Waals surface area (Å²) in [7, 11) is 0. The molecule has 2 heterocycles. The van der Waals surface area contributed by atoms with E-state index in [1.54, 1.807) is 11.8 Å². The predicted octanol–water partition coefficient (Wildman–Crippen LogP) is 6.49. The molecule has 1 aliphatic rings. The van der Waals surface area contributed by atoms with Gasteiger partial charge in [0, 0.05) is 11.3 Å². The maximum absolute atomic E-state index is 6.55. The van der Waals surface area contributed by atoms with Crippen LogP contribution >= 0.6 is 11.8 Å². The van der Waals surface area contributed by atoms with Crippen molar-refractivity contribution in [2.24, 2.45) is 0 Å². The van der Waals surface area contributed by atoms with Gasteiger partial charge in [-0.2, -0.15) is 4.98 Å². The van der Waals surface area contributed by atoms with Crippen molar-refractivity contribution < 1.29 is 9.47 Å². The molecule has 0 spiro atoms. The molecule has 4 aromatic rings. The van der Waals surface area contributed by atoms with Gasteiger partial charge in [-0.15, -0.1) is 10.2 Å². The molecule has 168 valence electrons. The Morgan fingerprint density at radius 1 is 1.00 bits per heavy atom. The first kappa shape index (κ1) is 21.5. The van der Waals surface area contributed by atoms with Crippen LogP contribution in [0.1, 0.15) is 38.5 Å². The van der Waals surface area contributed by atoms with E-state index in [0.717, 1.165) is 51.9 Å². The fourth-order valence-electron chi connectivity index (χ4n) is 3.97. The minimum absolute atomic E-state index is 0.468. The number of fused-ring (bicyclic) bond motifs is 4. The summed E-state index contributed by atoms with van der Waals surface area (Å²) >= 11 is 1.54. The number of hydrogen-bond donors (Lipinski definition) is 1. The number of hydrogen-bond acceptors (Lipinski definition) is 7. The van der Waals surface area contributed by atoms with Crippen LogP contribution in [0.15, 0.2) is 65.8 Å². The van der Waals surface area contributed by atoms with Gasteiger partial charge in [-0.05, 0) is 35.1 Å². The number of anilines is 1. The minimum Gasteiger partial charge on any atom is -0.493 e. The molecule has 0 aliphatic carbocycles. The molecule has 1 aromatic heterocycles. The van der Waals surface area contributed by atoms with E-state index in [2.05, 4.69) is 47.6 Å².